The Kier molecular flexibility index (Phi) is 7.49. The Hall–Kier alpha value is -3.24. The van der Waals surface area contributed by atoms with Crippen molar-refractivity contribution in [1.29, 1.82) is 0 Å². The normalized spacial score (nSPS) is 46.3. The summed E-state index contributed by atoms with van der Waals surface area (Å²) in [5.41, 5.74) is -1.59. The van der Waals surface area contributed by atoms with E-state index in [-0.39, 0.29) is 49.1 Å². The van der Waals surface area contributed by atoms with Crippen molar-refractivity contribution in [3.8, 4) is 0 Å². The van der Waals surface area contributed by atoms with E-state index in [0.29, 0.717) is 25.0 Å². The molecule has 1 N–H and O–H groups in total. The summed E-state index contributed by atoms with van der Waals surface area (Å²) in [4.78, 5) is 51.7. The minimum atomic E-state index is -0.851. The number of aliphatic hydroxyl groups excluding tert-OH is 1. The van der Waals surface area contributed by atoms with Crippen molar-refractivity contribution in [3.63, 3.8) is 0 Å². The first kappa shape index (κ1) is 32.3. The van der Waals surface area contributed by atoms with Crippen LogP contribution in [0.15, 0.2) is 42.0 Å². The summed E-state index contributed by atoms with van der Waals surface area (Å²) in [6.45, 7) is 11.7. The molecule has 6 aliphatic rings. The summed E-state index contributed by atoms with van der Waals surface area (Å²) in [6.07, 6.45) is 0.347. The number of esters is 4. The average molecular weight is 651 g/mol. The van der Waals surface area contributed by atoms with Crippen LogP contribution >= 0.6 is 0 Å². The number of benzene rings is 1. The van der Waals surface area contributed by atoms with Gasteiger partial charge in [-0.3, -0.25) is 14.4 Å². The molecule has 0 unspecified atom stereocenters. The monoisotopic (exact) mass is 650 g/mol. The summed E-state index contributed by atoms with van der Waals surface area (Å²) in [7, 11) is 0. The number of fused-ring (bicyclic) bond motifs is 4. The topological polar surface area (TPSA) is 135 Å². The number of allylic oxidation sites excluding steroid dienone is 1. The van der Waals surface area contributed by atoms with Crippen LogP contribution in [0.25, 0.3) is 0 Å². The molecule has 10 nitrogen and oxygen atoms in total. The highest BCUT2D eigenvalue weighted by Gasteiger charge is 2.79. The molecule has 1 aromatic carbocycles. The molecular weight excluding hydrogens is 604 g/mol. The zero-order chi connectivity index (χ0) is 33.7. The predicted octanol–water partition coefficient (Wildman–Crippen LogP) is 4.42. The second kappa shape index (κ2) is 10.9. The molecule has 0 aromatic heterocycles. The van der Waals surface area contributed by atoms with E-state index < -0.39 is 70.1 Å². The highest BCUT2D eigenvalue weighted by Crippen LogP contribution is 2.76. The van der Waals surface area contributed by atoms with Crippen molar-refractivity contribution in [1.82, 2.24) is 0 Å². The summed E-state index contributed by atoms with van der Waals surface area (Å²) >= 11 is 0. The fraction of sp³-hybridized carbons (Fsp3) is 0.676. The van der Waals surface area contributed by atoms with Crippen LogP contribution in [0.2, 0.25) is 0 Å². The fourth-order valence-corrected chi connectivity index (χ4v) is 11.6. The molecule has 47 heavy (non-hydrogen) atoms. The molecule has 10 heteroatoms. The van der Waals surface area contributed by atoms with Crippen LogP contribution in [0.5, 0.6) is 0 Å². The Morgan fingerprint density at radius 2 is 1.60 bits per heavy atom. The van der Waals surface area contributed by atoms with Crippen LogP contribution in [0, 0.1) is 45.3 Å². The number of rotatable bonds is 5. The van der Waals surface area contributed by atoms with Crippen LogP contribution in [-0.4, -0.2) is 72.7 Å². The van der Waals surface area contributed by atoms with Crippen molar-refractivity contribution < 1.29 is 48.0 Å². The van der Waals surface area contributed by atoms with Gasteiger partial charge < -0.3 is 28.8 Å². The van der Waals surface area contributed by atoms with E-state index in [1.165, 1.54) is 13.8 Å². The predicted molar refractivity (Wildman–Crippen MR) is 166 cm³/mol. The zero-order valence-corrected chi connectivity index (χ0v) is 28.0. The standard InChI is InChI=1S/C37H46O10/c1-19(38)45-27-15-25-36(5,24-13-12-23(35(24,27)4)22-14-29(41)43-17-22)32(47-33(42)21-10-8-7-9-11-21)30-31-34(3,18-44-30)26(40)16-28(37(25,31)6)46-20(2)39/h7-11,13,22-23,25-28,30-32,40H,12,14-18H2,1-6H3/t22-,23-,25-,26+,27-,28-,30+,31-,32+,34+,35-,36-,37-/m0/s1. The quantitative estimate of drug-likeness (QED) is 0.277. The SMILES string of the molecule is CC(=O)O[C@H]1C[C@H]2[C@](C)(C3=CC[C@@H]([C@@H]4COC(=O)C4)[C@@]31C)[C@H](OC(=O)c1ccccc1)[C@@H]1OC[C@]3(C)[C@H](O)C[C@H](OC(C)=O)[C@@]2(C)[C@@H]13. The first-order valence-electron chi connectivity index (χ1n) is 16.9. The number of carbonyl (C=O) groups is 4. The van der Waals surface area contributed by atoms with E-state index in [1.54, 1.807) is 24.3 Å². The lowest BCUT2D eigenvalue weighted by molar-refractivity contribution is -0.270. The van der Waals surface area contributed by atoms with Crippen molar-refractivity contribution in [2.24, 2.45) is 45.3 Å². The number of hydrogen-bond acceptors (Lipinski definition) is 10. The van der Waals surface area contributed by atoms with Crippen LogP contribution < -0.4 is 0 Å². The average Bonchev–Trinajstić information content (AvgIpc) is 3.71. The molecule has 13 atom stereocenters. The van der Waals surface area contributed by atoms with Gasteiger partial charge in [-0.05, 0) is 36.8 Å². The number of hydrogen-bond donors (Lipinski definition) is 1. The molecule has 254 valence electrons. The van der Waals surface area contributed by atoms with Gasteiger partial charge in [-0.2, -0.15) is 0 Å². The Morgan fingerprint density at radius 1 is 0.915 bits per heavy atom. The highest BCUT2D eigenvalue weighted by molar-refractivity contribution is 5.89. The van der Waals surface area contributed by atoms with Gasteiger partial charge >= 0.3 is 23.9 Å². The molecule has 1 aromatic rings. The van der Waals surface area contributed by atoms with Crippen molar-refractivity contribution in [3.05, 3.63) is 47.5 Å². The Balaban J connectivity index is 1.43. The lowest BCUT2D eigenvalue weighted by Gasteiger charge is -2.70. The first-order valence-corrected chi connectivity index (χ1v) is 16.9. The Bertz CT molecular complexity index is 1520. The van der Waals surface area contributed by atoms with Gasteiger partial charge in [-0.15, -0.1) is 0 Å². The van der Waals surface area contributed by atoms with Crippen LogP contribution in [0.1, 0.15) is 77.6 Å². The minimum Gasteiger partial charge on any atom is -0.465 e. The van der Waals surface area contributed by atoms with E-state index in [0.717, 1.165) is 5.57 Å². The molecule has 2 heterocycles. The second-order valence-electron chi connectivity index (χ2n) is 15.7. The zero-order valence-electron chi connectivity index (χ0n) is 28.0. The molecule has 7 rings (SSSR count). The van der Waals surface area contributed by atoms with Gasteiger partial charge in [0.25, 0.3) is 0 Å². The maximum absolute atomic E-state index is 14.0. The molecule has 3 saturated carbocycles. The summed E-state index contributed by atoms with van der Waals surface area (Å²) in [5.74, 6) is -2.34. The molecule has 4 aliphatic carbocycles. The van der Waals surface area contributed by atoms with Crippen LogP contribution in [0.4, 0.5) is 0 Å². The first-order chi connectivity index (χ1) is 22.2. The molecule has 0 amide bonds. The van der Waals surface area contributed by atoms with Crippen molar-refractivity contribution in [2.75, 3.05) is 13.2 Å². The highest BCUT2D eigenvalue weighted by atomic mass is 16.6. The molecule has 5 fully saturated rings. The van der Waals surface area contributed by atoms with Gasteiger partial charge in [0.15, 0.2) is 0 Å². The smallest absolute Gasteiger partial charge is 0.338 e. The molecule has 2 saturated heterocycles. The molecule has 0 radical (unpaired) electrons. The van der Waals surface area contributed by atoms with Crippen molar-refractivity contribution in [2.45, 2.75) is 97.7 Å². The van der Waals surface area contributed by atoms with E-state index in [2.05, 4.69) is 26.8 Å². The van der Waals surface area contributed by atoms with Gasteiger partial charge in [0.05, 0.1) is 37.4 Å². The third-order valence-electron chi connectivity index (χ3n) is 13.5. The maximum Gasteiger partial charge on any atom is 0.338 e. The summed E-state index contributed by atoms with van der Waals surface area (Å²) < 4.78 is 31.1. The second-order valence-corrected chi connectivity index (χ2v) is 15.7. The van der Waals surface area contributed by atoms with Gasteiger partial charge in [-0.1, -0.05) is 57.5 Å². The molecular formula is C37H46O10. The Morgan fingerprint density at radius 3 is 2.23 bits per heavy atom. The number of aliphatic hydroxyl groups is 1. The molecule has 2 aliphatic heterocycles. The third kappa shape index (κ3) is 4.42. The fourth-order valence-electron chi connectivity index (χ4n) is 11.6. The van der Waals surface area contributed by atoms with E-state index in [9.17, 15) is 24.3 Å². The van der Waals surface area contributed by atoms with Crippen LogP contribution in [0.3, 0.4) is 0 Å². The number of carbonyl (C=O) groups excluding carboxylic acids is 4. The maximum atomic E-state index is 14.0. The van der Waals surface area contributed by atoms with E-state index in [4.69, 9.17) is 23.7 Å². The summed E-state index contributed by atoms with van der Waals surface area (Å²) in [6, 6.07) is 8.87. The summed E-state index contributed by atoms with van der Waals surface area (Å²) in [5, 5.41) is 11.6. The third-order valence-corrected chi connectivity index (χ3v) is 13.5. The molecule has 0 bridgehead atoms. The molecule has 0 spiro atoms. The van der Waals surface area contributed by atoms with Gasteiger partial charge in [-0.25, -0.2) is 4.79 Å². The van der Waals surface area contributed by atoms with E-state index in [1.807, 2.05) is 13.0 Å². The number of ether oxygens (including phenoxy) is 5. The Labute approximate surface area is 275 Å². The van der Waals surface area contributed by atoms with Crippen LogP contribution in [-0.2, 0) is 38.1 Å². The lowest BCUT2D eigenvalue weighted by Crippen LogP contribution is -2.74. The van der Waals surface area contributed by atoms with Crippen molar-refractivity contribution >= 4 is 23.9 Å². The van der Waals surface area contributed by atoms with E-state index >= 15 is 0 Å². The largest absolute Gasteiger partial charge is 0.465 e. The lowest BCUT2D eigenvalue weighted by atomic mass is 9.35. The van der Waals surface area contributed by atoms with Gasteiger partial charge in [0.1, 0.15) is 18.3 Å². The number of cyclic esters (lactones) is 1. The van der Waals surface area contributed by atoms with Gasteiger partial charge in [0.2, 0.25) is 0 Å². The minimum absolute atomic E-state index is 0.0608. The van der Waals surface area contributed by atoms with Gasteiger partial charge in [0, 0.05) is 53.8 Å².